The van der Waals surface area contributed by atoms with Crippen LogP contribution >= 0.6 is 0 Å². The zero-order valence-electron chi connectivity index (χ0n) is 11.8. The minimum Gasteiger partial charge on any atom is -0.463 e. The monoisotopic (exact) mass is 273 g/mol. The number of furan rings is 1. The highest BCUT2D eigenvalue weighted by molar-refractivity contribution is 5.87. The molecule has 4 nitrogen and oxygen atoms in total. The Hall–Kier alpha value is -2.07. The Morgan fingerprint density at radius 1 is 1.30 bits per heavy atom. The number of rotatable bonds is 6. The molecule has 0 saturated carbocycles. The van der Waals surface area contributed by atoms with Gasteiger partial charge in [0.05, 0.1) is 13.4 Å². The lowest BCUT2D eigenvalue weighted by Gasteiger charge is -2.13. The molecule has 1 aromatic carbocycles. The lowest BCUT2D eigenvalue weighted by atomic mass is 10.1. The van der Waals surface area contributed by atoms with Gasteiger partial charge in [0, 0.05) is 18.2 Å². The maximum atomic E-state index is 11.5. The molecule has 0 bridgehead atoms. The lowest BCUT2D eigenvalue weighted by Crippen LogP contribution is -2.28. The van der Waals surface area contributed by atoms with Crippen molar-refractivity contribution in [1.29, 1.82) is 0 Å². The second-order valence-electron chi connectivity index (χ2n) is 4.74. The quantitative estimate of drug-likeness (QED) is 0.822. The molecule has 0 spiro atoms. The van der Waals surface area contributed by atoms with Gasteiger partial charge in [0.2, 0.25) is 5.76 Å². The molecule has 1 unspecified atom stereocenters. The van der Waals surface area contributed by atoms with Crippen molar-refractivity contribution in [3.63, 3.8) is 0 Å². The van der Waals surface area contributed by atoms with Crippen molar-refractivity contribution in [3.05, 3.63) is 59.5 Å². The van der Waals surface area contributed by atoms with Crippen molar-refractivity contribution in [2.75, 3.05) is 7.11 Å². The molecule has 0 fully saturated rings. The van der Waals surface area contributed by atoms with Crippen LogP contribution in [0.2, 0.25) is 0 Å². The maximum Gasteiger partial charge on any atom is 0.374 e. The van der Waals surface area contributed by atoms with Crippen LogP contribution in [0.3, 0.4) is 0 Å². The van der Waals surface area contributed by atoms with Crippen LogP contribution in [0.25, 0.3) is 0 Å². The van der Waals surface area contributed by atoms with E-state index in [0.717, 1.165) is 12.0 Å². The van der Waals surface area contributed by atoms with Crippen LogP contribution in [0.4, 0.5) is 0 Å². The third-order valence-corrected chi connectivity index (χ3v) is 3.14. The number of carbonyl (C=O) groups is 1. The molecule has 2 rings (SSSR count). The van der Waals surface area contributed by atoms with E-state index in [9.17, 15) is 4.79 Å². The summed E-state index contributed by atoms with van der Waals surface area (Å²) in [5.74, 6) is -0.172. The van der Waals surface area contributed by atoms with Gasteiger partial charge in [-0.25, -0.2) is 4.79 Å². The van der Waals surface area contributed by atoms with Gasteiger partial charge in [0.25, 0.3) is 0 Å². The first-order chi connectivity index (χ1) is 9.70. The average molecular weight is 273 g/mol. The minimum atomic E-state index is -0.442. The van der Waals surface area contributed by atoms with Gasteiger partial charge in [-0.3, -0.25) is 0 Å². The number of hydrogen-bond acceptors (Lipinski definition) is 4. The van der Waals surface area contributed by atoms with Crippen LogP contribution in [0.15, 0.2) is 47.1 Å². The van der Waals surface area contributed by atoms with Crippen molar-refractivity contribution in [3.8, 4) is 0 Å². The van der Waals surface area contributed by atoms with Crippen molar-refractivity contribution in [1.82, 2.24) is 5.32 Å². The van der Waals surface area contributed by atoms with E-state index in [1.165, 1.54) is 18.9 Å². The third kappa shape index (κ3) is 3.71. The molecule has 1 N–H and O–H groups in total. The Kier molecular flexibility index (Phi) is 4.96. The van der Waals surface area contributed by atoms with Crippen LogP contribution in [-0.4, -0.2) is 19.1 Å². The van der Waals surface area contributed by atoms with Gasteiger partial charge in [0.1, 0.15) is 0 Å². The van der Waals surface area contributed by atoms with E-state index >= 15 is 0 Å². The van der Waals surface area contributed by atoms with E-state index in [4.69, 9.17) is 4.42 Å². The molecule has 0 aliphatic carbocycles. The molecule has 2 aromatic rings. The van der Waals surface area contributed by atoms with Crippen molar-refractivity contribution in [2.24, 2.45) is 0 Å². The number of carbonyl (C=O) groups excluding carboxylic acids is 1. The molecule has 0 aliphatic heterocycles. The largest absolute Gasteiger partial charge is 0.463 e. The van der Waals surface area contributed by atoms with E-state index in [1.807, 2.05) is 18.2 Å². The highest BCUT2D eigenvalue weighted by atomic mass is 16.5. The highest BCUT2D eigenvalue weighted by Crippen LogP contribution is 2.12. The lowest BCUT2D eigenvalue weighted by molar-refractivity contribution is 0.0563. The molecule has 0 amide bonds. The second-order valence-corrected chi connectivity index (χ2v) is 4.74. The van der Waals surface area contributed by atoms with E-state index in [0.29, 0.717) is 12.6 Å². The molecule has 20 heavy (non-hydrogen) atoms. The first-order valence-electron chi connectivity index (χ1n) is 6.62. The van der Waals surface area contributed by atoms with E-state index in [-0.39, 0.29) is 5.76 Å². The van der Waals surface area contributed by atoms with Crippen LogP contribution in [0.5, 0.6) is 0 Å². The van der Waals surface area contributed by atoms with Crippen molar-refractivity contribution < 1.29 is 13.9 Å². The Bertz CT molecular complexity index is 548. The Morgan fingerprint density at radius 3 is 2.75 bits per heavy atom. The number of nitrogens with one attached hydrogen (secondary N) is 1. The number of ether oxygens (including phenoxy) is 1. The fourth-order valence-electron chi connectivity index (χ4n) is 2.07. The number of benzene rings is 1. The van der Waals surface area contributed by atoms with Crippen LogP contribution < -0.4 is 5.32 Å². The van der Waals surface area contributed by atoms with E-state index < -0.39 is 5.97 Å². The van der Waals surface area contributed by atoms with Crippen LogP contribution in [0.1, 0.15) is 28.6 Å². The highest BCUT2D eigenvalue weighted by Gasteiger charge is 2.16. The predicted octanol–water partition coefficient (Wildman–Crippen LogP) is 2.79. The van der Waals surface area contributed by atoms with Gasteiger partial charge < -0.3 is 14.5 Å². The summed E-state index contributed by atoms with van der Waals surface area (Å²) >= 11 is 0. The predicted molar refractivity (Wildman–Crippen MR) is 76.5 cm³/mol. The summed E-state index contributed by atoms with van der Waals surface area (Å²) < 4.78 is 9.83. The zero-order valence-corrected chi connectivity index (χ0v) is 11.8. The number of methoxy groups -OCH3 is 1. The smallest absolute Gasteiger partial charge is 0.374 e. The summed E-state index contributed by atoms with van der Waals surface area (Å²) in [5.41, 5.74) is 2.10. The molecule has 4 heteroatoms. The maximum absolute atomic E-state index is 11.5. The Labute approximate surface area is 118 Å². The first kappa shape index (κ1) is 14.3. The molecule has 0 saturated heterocycles. The average Bonchev–Trinajstić information content (AvgIpc) is 2.94. The summed E-state index contributed by atoms with van der Waals surface area (Å²) in [6.07, 6.45) is 2.44. The van der Waals surface area contributed by atoms with Crippen LogP contribution in [0, 0.1) is 0 Å². The molecular formula is C16H19NO3. The van der Waals surface area contributed by atoms with E-state index in [1.54, 1.807) is 6.07 Å². The zero-order chi connectivity index (χ0) is 14.4. The summed E-state index contributed by atoms with van der Waals surface area (Å²) in [6.45, 7) is 2.69. The standard InChI is InChI=1S/C16H19NO3/c1-12(10-13-6-4-3-5-7-13)17-11-14-8-9-20-15(14)16(18)19-2/h3-9,12,17H,10-11H2,1-2H3. The van der Waals surface area contributed by atoms with Gasteiger partial charge >= 0.3 is 5.97 Å². The summed E-state index contributed by atoms with van der Waals surface area (Å²) in [6, 6.07) is 12.4. The fraction of sp³-hybridized carbons (Fsp3) is 0.312. The number of esters is 1. The Balaban J connectivity index is 1.89. The minimum absolute atomic E-state index is 0.270. The molecule has 1 aromatic heterocycles. The fourth-order valence-corrected chi connectivity index (χ4v) is 2.07. The van der Waals surface area contributed by atoms with Gasteiger partial charge in [-0.05, 0) is 25.0 Å². The van der Waals surface area contributed by atoms with Crippen molar-refractivity contribution in [2.45, 2.75) is 25.9 Å². The van der Waals surface area contributed by atoms with Crippen LogP contribution in [-0.2, 0) is 17.7 Å². The van der Waals surface area contributed by atoms with Crippen molar-refractivity contribution >= 4 is 5.97 Å². The molecule has 1 atom stereocenters. The second kappa shape index (κ2) is 6.91. The molecule has 1 heterocycles. The molecule has 106 valence electrons. The topological polar surface area (TPSA) is 51.5 Å². The summed E-state index contributed by atoms with van der Waals surface area (Å²) in [4.78, 5) is 11.5. The third-order valence-electron chi connectivity index (χ3n) is 3.14. The SMILES string of the molecule is COC(=O)c1occc1CNC(C)Cc1ccccc1. The first-order valence-corrected chi connectivity index (χ1v) is 6.62. The summed E-state index contributed by atoms with van der Waals surface area (Å²) in [7, 11) is 1.35. The van der Waals surface area contributed by atoms with E-state index in [2.05, 4.69) is 29.1 Å². The molecule has 0 radical (unpaired) electrons. The number of hydrogen-bond donors (Lipinski definition) is 1. The molecule has 0 aliphatic rings. The van der Waals surface area contributed by atoms with Gasteiger partial charge in [-0.2, -0.15) is 0 Å². The molecular weight excluding hydrogens is 254 g/mol. The van der Waals surface area contributed by atoms with Gasteiger partial charge in [0.15, 0.2) is 0 Å². The van der Waals surface area contributed by atoms with Gasteiger partial charge in [-0.1, -0.05) is 30.3 Å². The Morgan fingerprint density at radius 2 is 2.05 bits per heavy atom. The van der Waals surface area contributed by atoms with Gasteiger partial charge in [-0.15, -0.1) is 0 Å². The summed E-state index contributed by atoms with van der Waals surface area (Å²) in [5, 5.41) is 3.39. The normalized spacial score (nSPS) is 12.1.